The first-order valence-electron chi connectivity index (χ1n) is 10.5. The van der Waals surface area contributed by atoms with E-state index in [-0.39, 0.29) is 19.9 Å². The Labute approximate surface area is 200 Å². The summed E-state index contributed by atoms with van der Waals surface area (Å²) in [5, 5.41) is 8.52. The first kappa shape index (κ1) is 31.9. The maximum absolute atomic E-state index is 13.1. The van der Waals surface area contributed by atoms with Crippen molar-refractivity contribution in [3.8, 4) is 0 Å². The lowest BCUT2D eigenvalue weighted by Gasteiger charge is -2.08. The number of nitrogens with zero attached hydrogens (tertiary/aromatic N) is 1. The number of rotatable bonds is 7. The van der Waals surface area contributed by atoms with Gasteiger partial charge in [0, 0.05) is 17.9 Å². The molecule has 0 spiro atoms. The fourth-order valence-corrected chi connectivity index (χ4v) is 2.42. The lowest BCUT2D eigenvalue weighted by molar-refractivity contribution is 0.299. The Morgan fingerprint density at radius 3 is 2.03 bits per heavy atom. The molecule has 2 aromatic carbocycles. The fraction of sp³-hybridized carbons (Fsp3) is 0.233. The van der Waals surface area contributed by atoms with E-state index in [4.69, 9.17) is 5.11 Å². The Kier molecular flexibility index (Phi) is 18.7. The van der Waals surface area contributed by atoms with Crippen LogP contribution in [0.1, 0.15) is 46.2 Å². The van der Waals surface area contributed by atoms with Crippen molar-refractivity contribution in [1.29, 1.82) is 0 Å². The first-order valence-corrected chi connectivity index (χ1v) is 10.5. The molecule has 0 bridgehead atoms. The van der Waals surface area contributed by atoms with E-state index in [9.17, 15) is 4.39 Å². The third-order valence-corrected chi connectivity index (χ3v) is 4.28. The number of hydrogen-bond acceptors (Lipinski definition) is 2. The Bertz CT molecular complexity index is 920. The molecule has 0 unspecified atom stereocenters. The fourth-order valence-electron chi connectivity index (χ4n) is 2.42. The maximum atomic E-state index is 13.1. The smallest absolute Gasteiger partial charge is 0.123 e. The van der Waals surface area contributed by atoms with Gasteiger partial charge in [0.15, 0.2) is 0 Å². The molecule has 0 radical (unpaired) electrons. The number of aliphatic hydroxyl groups is 1. The Morgan fingerprint density at radius 2 is 1.55 bits per heavy atom. The van der Waals surface area contributed by atoms with E-state index in [0.29, 0.717) is 0 Å². The second-order valence-electron chi connectivity index (χ2n) is 6.86. The van der Waals surface area contributed by atoms with Crippen molar-refractivity contribution in [3.05, 3.63) is 127 Å². The van der Waals surface area contributed by atoms with Crippen LogP contribution in [0.25, 0.3) is 5.70 Å². The molecule has 0 aliphatic carbocycles. The van der Waals surface area contributed by atoms with Gasteiger partial charge in [-0.25, -0.2) is 4.39 Å². The predicted molar refractivity (Wildman–Crippen MR) is 146 cm³/mol. The highest BCUT2D eigenvalue weighted by atomic mass is 19.1. The van der Waals surface area contributed by atoms with Crippen molar-refractivity contribution >= 4 is 11.4 Å². The van der Waals surface area contributed by atoms with Gasteiger partial charge >= 0.3 is 0 Å². The summed E-state index contributed by atoms with van der Waals surface area (Å²) in [5.41, 5.74) is 5.71. The van der Waals surface area contributed by atoms with Crippen LogP contribution in [0, 0.1) is 5.82 Å². The third-order valence-electron chi connectivity index (χ3n) is 4.28. The Balaban J connectivity index is 0. The molecule has 2 nitrogen and oxygen atoms in total. The van der Waals surface area contributed by atoms with Gasteiger partial charge in [0.25, 0.3) is 0 Å². The van der Waals surface area contributed by atoms with Crippen LogP contribution in [0.3, 0.4) is 0 Å². The summed E-state index contributed by atoms with van der Waals surface area (Å²) in [6, 6.07) is 16.3. The minimum atomic E-state index is -0.249. The monoisotopic (exact) mass is 449 g/mol. The average molecular weight is 450 g/mol. The standard InChI is InChI=1S/C19H22FN.C8H10O.C2H4.CH4/c1-6-7-8-9-15(4)19(21-16(5)14(2)3)17-10-12-18(20)13-11-17;9-7-6-8-4-2-1-3-5-8;1-2;/h6-13H,2H2,1,3-5H3;1-5,9H,6-7H2;1-2H2;1H4/b7-6-,9-8-,19-15+,21-16?;;;. The van der Waals surface area contributed by atoms with Gasteiger partial charge in [-0.15, -0.1) is 13.2 Å². The van der Waals surface area contributed by atoms with Gasteiger partial charge in [-0.1, -0.05) is 68.6 Å². The summed E-state index contributed by atoms with van der Waals surface area (Å²) < 4.78 is 13.1. The number of benzene rings is 2. The van der Waals surface area contributed by atoms with Crippen LogP contribution in [0.5, 0.6) is 0 Å². The molecular formula is C30H40FNO. The molecule has 0 saturated heterocycles. The highest BCUT2D eigenvalue weighted by molar-refractivity contribution is 6.00. The van der Waals surface area contributed by atoms with E-state index in [1.54, 1.807) is 12.1 Å². The summed E-state index contributed by atoms with van der Waals surface area (Å²) in [4.78, 5) is 4.65. The number of halogens is 1. The molecule has 1 N–H and O–H groups in total. The van der Waals surface area contributed by atoms with E-state index in [1.807, 2.05) is 82.3 Å². The SMILES string of the molecule is C.C=C.C=C(C)C(C)=N/C(=C(C)/C=C\C=C/C)c1ccc(F)cc1.OCCc1ccccc1. The summed E-state index contributed by atoms with van der Waals surface area (Å²) in [6.45, 7) is 18.0. The maximum Gasteiger partial charge on any atom is 0.123 e. The molecule has 33 heavy (non-hydrogen) atoms. The second kappa shape index (κ2) is 19.4. The Morgan fingerprint density at radius 1 is 0.970 bits per heavy atom. The minimum Gasteiger partial charge on any atom is -0.396 e. The molecule has 3 heteroatoms. The lowest BCUT2D eigenvalue weighted by Crippen LogP contribution is -1.95. The predicted octanol–water partition coefficient (Wildman–Crippen LogP) is 8.39. The van der Waals surface area contributed by atoms with Crippen molar-refractivity contribution in [2.75, 3.05) is 6.61 Å². The van der Waals surface area contributed by atoms with Crippen LogP contribution in [0.15, 0.2) is 115 Å². The topological polar surface area (TPSA) is 32.6 Å². The number of hydrogen-bond donors (Lipinski definition) is 1. The van der Waals surface area contributed by atoms with E-state index in [2.05, 4.69) is 24.7 Å². The largest absolute Gasteiger partial charge is 0.396 e. The molecule has 0 aliphatic rings. The van der Waals surface area contributed by atoms with Gasteiger partial charge < -0.3 is 5.11 Å². The molecule has 0 aliphatic heterocycles. The van der Waals surface area contributed by atoms with Crippen molar-refractivity contribution in [2.45, 2.75) is 41.5 Å². The van der Waals surface area contributed by atoms with Crippen LogP contribution in [0.4, 0.5) is 4.39 Å². The van der Waals surface area contributed by atoms with Gasteiger partial charge in [-0.05, 0) is 75.1 Å². The van der Waals surface area contributed by atoms with Gasteiger partial charge in [-0.2, -0.15) is 0 Å². The summed E-state index contributed by atoms with van der Waals surface area (Å²) >= 11 is 0. The number of aliphatic hydroxyl groups excluding tert-OH is 1. The molecular weight excluding hydrogens is 409 g/mol. The number of aliphatic imine (C=N–C) groups is 1. The quantitative estimate of drug-likeness (QED) is 0.257. The van der Waals surface area contributed by atoms with Crippen molar-refractivity contribution in [1.82, 2.24) is 0 Å². The average Bonchev–Trinajstić information content (AvgIpc) is 2.81. The van der Waals surface area contributed by atoms with Crippen LogP contribution in [-0.2, 0) is 6.42 Å². The van der Waals surface area contributed by atoms with Crippen LogP contribution in [-0.4, -0.2) is 17.4 Å². The molecule has 0 heterocycles. The van der Waals surface area contributed by atoms with Crippen molar-refractivity contribution < 1.29 is 9.50 Å². The van der Waals surface area contributed by atoms with Crippen LogP contribution >= 0.6 is 0 Å². The summed E-state index contributed by atoms with van der Waals surface area (Å²) in [7, 11) is 0. The molecule has 0 aromatic heterocycles. The zero-order chi connectivity index (χ0) is 24.4. The van der Waals surface area contributed by atoms with Gasteiger partial charge in [0.2, 0.25) is 0 Å². The third kappa shape index (κ3) is 13.7. The molecule has 0 saturated carbocycles. The zero-order valence-corrected chi connectivity index (χ0v) is 19.8. The van der Waals surface area contributed by atoms with Crippen molar-refractivity contribution in [2.24, 2.45) is 4.99 Å². The summed E-state index contributed by atoms with van der Waals surface area (Å²) in [6.07, 6.45) is 8.64. The number of allylic oxidation sites excluding steroid dienone is 6. The van der Waals surface area contributed by atoms with Crippen LogP contribution in [0.2, 0.25) is 0 Å². The van der Waals surface area contributed by atoms with Gasteiger partial charge in [-0.3, -0.25) is 4.99 Å². The van der Waals surface area contributed by atoms with E-state index >= 15 is 0 Å². The van der Waals surface area contributed by atoms with Gasteiger partial charge in [0.1, 0.15) is 5.82 Å². The van der Waals surface area contributed by atoms with E-state index in [0.717, 1.165) is 34.5 Å². The molecule has 0 amide bonds. The summed E-state index contributed by atoms with van der Waals surface area (Å²) in [5.74, 6) is -0.249. The molecule has 0 fully saturated rings. The lowest BCUT2D eigenvalue weighted by atomic mass is 10.1. The normalized spacial score (nSPS) is 11.5. The molecule has 178 valence electrons. The highest BCUT2D eigenvalue weighted by Crippen LogP contribution is 2.22. The van der Waals surface area contributed by atoms with E-state index in [1.165, 1.54) is 17.7 Å². The Hall–Kier alpha value is -3.30. The minimum absolute atomic E-state index is 0. The zero-order valence-electron chi connectivity index (χ0n) is 19.8. The first-order chi connectivity index (χ1) is 15.4. The second-order valence-corrected chi connectivity index (χ2v) is 6.86. The van der Waals surface area contributed by atoms with Gasteiger partial charge in [0.05, 0.1) is 5.70 Å². The van der Waals surface area contributed by atoms with Crippen molar-refractivity contribution in [3.63, 3.8) is 0 Å². The highest BCUT2D eigenvalue weighted by Gasteiger charge is 2.05. The van der Waals surface area contributed by atoms with Crippen LogP contribution < -0.4 is 0 Å². The molecule has 2 rings (SSSR count). The molecule has 2 aromatic rings. The van der Waals surface area contributed by atoms with E-state index < -0.39 is 0 Å². The molecule has 0 atom stereocenters.